The molecule has 0 bridgehead atoms. The standard InChI is InChI=1S/C12H18N2O/c1-10(11-4-6-13-7-5-11)14-9-12-3-2-8-15-12/h4-7,10,12,14H,2-3,8-9H2,1H3/t10-,12+/m1/s1. The lowest BCUT2D eigenvalue weighted by molar-refractivity contribution is 0.108. The average Bonchev–Trinajstić information content (AvgIpc) is 2.80. The monoisotopic (exact) mass is 206 g/mol. The summed E-state index contributed by atoms with van der Waals surface area (Å²) in [6.45, 7) is 4.05. The van der Waals surface area contributed by atoms with Gasteiger partial charge in [-0.05, 0) is 37.5 Å². The maximum atomic E-state index is 5.56. The van der Waals surface area contributed by atoms with Gasteiger partial charge in [-0.15, -0.1) is 0 Å². The largest absolute Gasteiger partial charge is 0.377 e. The molecule has 1 N–H and O–H groups in total. The first-order chi connectivity index (χ1) is 7.36. The third-order valence-electron chi connectivity index (χ3n) is 2.88. The minimum Gasteiger partial charge on any atom is -0.377 e. The van der Waals surface area contributed by atoms with E-state index < -0.39 is 0 Å². The van der Waals surface area contributed by atoms with Gasteiger partial charge in [0.05, 0.1) is 6.10 Å². The van der Waals surface area contributed by atoms with Crippen LogP contribution in [-0.2, 0) is 4.74 Å². The van der Waals surface area contributed by atoms with E-state index in [1.165, 1.54) is 18.4 Å². The lowest BCUT2D eigenvalue weighted by Crippen LogP contribution is -2.28. The summed E-state index contributed by atoms with van der Waals surface area (Å²) in [6, 6.07) is 4.47. The molecule has 0 spiro atoms. The molecule has 1 saturated heterocycles. The molecule has 0 unspecified atom stereocenters. The fourth-order valence-corrected chi connectivity index (χ4v) is 1.88. The van der Waals surface area contributed by atoms with Crippen LogP contribution in [0.15, 0.2) is 24.5 Å². The topological polar surface area (TPSA) is 34.1 Å². The quantitative estimate of drug-likeness (QED) is 0.817. The zero-order valence-electron chi connectivity index (χ0n) is 9.15. The van der Waals surface area contributed by atoms with Gasteiger partial charge in [-0.2, -0.15) is 0 Å². The van der Waals surface area contributed by atoms with Crippen LogP contribution in [0.1, 0.15) is 31.4 Å². The van der Waals surface area contributed by atoms with Crippen molar-refractivity contribution in [3.8, 4) is 0 Å². The molecule has 2 rings (SSSR count). The van der Waals surface area contributed by atoms with Gasteiger partial charge in [-0.3, -0.25) is 4.98 Å². The van der Waals surface area contributed by atoms with Crippen LogP contribution in [0, 0.1) is 0 Å². The minimum atomic E-state index is 0.372. The smallest absolute Gasteiger partial charge is 0.0700 e. The van der Waals surface area contributed by atoms with Crippen molar-refractivity contribution in [3.63, 3.8) is 0 Å². The lowest BCUT2D eigenvalue weighted by atomic mass is 10.1. The highest BCUT2D eigenvalue weighted by atomic mass is 16.5. The molecule has 2 atom stereocenters. The SMILES string of the molecule is C[C@@H](NC[C@@H]1CCCO1)c1ccncc1. The Labute approximate surface area is 90.9 Å². The Morgan fingerprint density at radius 3 is 3.00 bits per heavy atom. The van der Waals surface area contributed by atoms with Crippen molar-refractivity contribution in [1.29, 1.82) is 0 Å². The van der Waals surface area contributed by atoms with E-state index >= 15 is 0 Å². The van der Waals surface area contributed by atoms with Gasteiger partial charge in [-0.1, -0.05) is 0 Å². The zero-order chi connectivity index (χ0) is 10.5. The second kappa shape index (κ2) is 5.24. The number of pyridine rings is 1. The Morgan fingerprint density at radius 1 is 1.53 bits per heavy atom. The Bertz CT molecular complexity index is 283. The first-order valence-corrected chi connectivity index (χ1v) is 5.61. The molecule has 1 aliphatic heterocycles. The van der Waals surface area contributed by atoms with E-state index in [2.05, 4.69) is 17.2 Å². The zero-order valence-corrected chi connectivity index (χ0v) is 9.15. The molecule has 1 aromatic heterocycles. The van der Waals surface area contributed by atoms with E-state index in [0.717, 1.165) is 13.2 Å². The molecule has 1 fully saturated rings. The highest BCUT2D eigenvalue weighted by Crippen LogP contribution is 2.14. The van der Waals surface area contributed by atoms with Gasteiger partial charge in [0, 0.05) is 31.6 Å². The van der Waals surface area contributed by atoms with Crippen LogP contribution in [-0.4, -0.2) is 24.2 Å². The van der Waals surface area contributed by atoms with Gasteiger partial charge in [0.1, 0.15) is 0 Å². The number of aromatic nitrogens is 1. The van der Waals surface area contributed by atoms with E-state index in [9.17, 15) is 0 Å². The summed E-state index contributed by atoms with van der Waals surface area (Å²) >= 11 is 0. The van der Waals surface area contributed by atoms with Crippen LogP contribution in [0.2, 0.25) is 0 Å². The van der Waals surface area contributed by atoms with Crippen molar-refractivity contribution < 1.29 is 4.74 Å². The first kappa shape index (κ1) is 10.6. The minimum absolute atomic E-state index is 0.372. The molecule has 0 aromatic carbocycles. The van der Waals surface area contributed by atoms with E-state index in [1.807, 2.05) is 24.5 Å². The van der Waals surface area contributed by atoms with Gasteiger partial charge < -0.3 is 10.1 Å². The summed E-state index contributed by atoms with van der Waals surface area (Å²) < 4.78 is 5.56. The number of hydrogen-bond acceptors (Lipinski definition) is 3. The van der Waals surface area contributed by atoms with Gasteiger partial charge >= 0.3 is 0 Å². The highest BCUT2D eigenvalue weighted by Gasteiger charge is 2.16. The summed E-state index contributed by atoms with van der Waals surface area (Å²) in [5.74, 6) is 0. The highest BCUT2D eigenvalue weighted by molar-refractivity contribution is 5.13. The summed E-state index contributed by atoms with van der Waals surface area (Å²) in [5.41, 5.74) is 1.28. The van der Waals surface area contributed by atoms with Crippen molar-refractivity contribution in [1.82, 2.24) is 10.3 Å². The maximum absolute atomic E-state index is 5.56. The fourth-order valence-electron chi connectivity index (χ4n) is 1.88. The van der Waals surface area contributed by atoms with Gasteiger partial charge in [0.25, 0.3) is 0 Å². The molecule has 3 nitrogen and oxygen atoms in total. The number of ether oxygens (including phenoxy) is 1. The Balaban J connectivity index is 1.79. The third kappa shape index (κ3) is 3.01. The molecule has 0 saturated carbocycles. The Morgan fingerprint density at radius 2 is 2.33 bits per heavy atom. The predicted octanol–water partition coefficient (Wildman–Crippen LogP) is 1.91. The first-order valence-electron chi connectivity index (χ1n) is 5.61. The summed E-state index contributed by atoms with van der Waals surface area (Å²) in [4.78, 5) is 4.01. The maximum Gasteiger partial charge on any atom is 0.0700 e. The molecule has 0 amide bonds. The summed E-state index contributed by atoms with van der Waals surface area (Å²) in [7, 11) is 0. The summed E-state index contributed by atoms with van der Waals surface area (Å²) in [6.07, 6.45) is 6.47. The van der Waals surface area contributed by atoms with Crippen molar-refractivity contribution in [2.24, 2.45) is 0 Å². The average molecular weight is 206 g/mol. The number of rotatable bonds is 4. The van der Waals surface area contributed by atoms with Crippen LogP contribution in [0.5, 0.6) is 0 Å². The molecule has 2 heterocycles. The van der Waals surface area contributed by atoms with Gasteiger partial charge in [0.15, 0.2) is 0 Å². The second-order valence-corrected chi connectivity index (χ2v) is 4.05. The van der Waals surface area contributed by atoms with Crippen molar-refractivity contribution in [2.45, 2.75) is 31.9 Å². The second-order valence-electron chi connectivity index (χ2n) is 4.05. The van der Waals surface area contributed by atoms with Gasteiger partial charge in [0.2, 0.25) is 0 Å². The number of hydrogen-bond donors (Lipinski definition) is 1. The molecule has 82 valence electrons. The predicted molar refractivity (Wildman–Crippen MR) is 59.6 cm³/mol. The molecule has 1 aliphatic rings. The normalized spacial score (nSPS) is 22.9. The molecule has 1 aromatic rings. The number of nitrogens with zero attached hydrogens (tertiary/aromatic N) is 1. The molecular formula is C12H18N2O. The van der Waals surface area contributed by atoms with Crippen molar-refractivity contribution in [3.05, 3.63) is 30.1 Å². The van der Waals surface area contributed by atoms with Crippen LogP contribution < -0.4 is 5.32 Å². The van der Waals surface area contributed by atoms with Gasteiger partial charge in [-0.25, -0.2) is 0 Å². The number of nitrogens with one attached hydrogen (secondary N) is 1. The van der Waals surface area contributed by atoms with Crippen LogP contribution in [0.25, 0.3) is 0 Å². The van der Waals surface area contributed by atoms with Crippen LogP contribution >= 0.6 is 0 Å². The lowest BCUT2D eigenvalue weighted by Gasteiger charge is -2.16. The van der Waals surface area contributed by atoms with Crippen molar-refractivity contribution >= 4 is 0 Å². The molecule has 15 heavy (non-hydrogen) atoms. The third-order valence-corrected chi connectivity index (χ3v) is 2.88. The van der Waals surface area contributed by atoms with E-state index in [0.29, 0.717) is 12.1 Å². The fraction of sp³-hybridized carbons (Fsp3) is 0.583. The van der Waals surface area contributed by atoms with E-state index in [4.69, 9.17) is 4.74 Å². The van der Waals surface area contributed by atoms with Crippen molar-refractivity contribution in [2.75, 3.05) is 13.2 Å². The Hall–Kier alpha value is -0.930. The summed E-state index contributed by atoms with van der Waals surface area (Å²) in [5, 5.41) is 3.49. The molecule has 0 radical (unpaired) electrons. The van der Waals surface area contributed by atoms with E-state index in [-0.39, 0.29) is 0 Å². The van der Waals surface area contributed by atoms with E-state index in [1.54, 1.807) is 0 Å². The molecule has 3 heteroatoms. The van der Waals surface area contributed by atoms with Crippen LogP contribution in [0.3, 0.4) is 0 Å². The molecule has 0 aliphatic carbocycles. The van der Waals surface area contributed by atoms with Crippen LogP contribution in [0.4, 0.5) is 0 Å². The Kier molecular flexibility index (Phi) is 3.69. The molecular weight excluding hydrogens is 188 g/mol.